The van der Waals surface area contributed by atoms with E-state index in [2.05, 4.69) is 10.8 Å². The molecule has 12 heavy (non-hydrogen) atoms. The fourth-order valence-corrected chi connectivity index (χ4v) is 2.47. The summed E-state index contributed by atoms with van der Waals surface area (Å²) in [5, 5.41) is 4.24. The second kappa shape index (κ2) is 3.46. The van der Waals surface area contributed by atoms with Crippen LogP contribution in [0.2, 0.25) is 0 Å². The van der Waals surface area contributed by atoms with E-state index in [4.69, 9.17) is 10.5 Å². The molecule has 1 aromatic heterocycles. The molecule has 1 aliphatic heterocycles. The minimum absolute atomic E-state index is 0.522. The molecule has 0 saturated heterocycles. The fraction of sp³-hybridized carbons (Fsp3) is 0.556. The first-order chi connectivity index (χ1) is 5.92. The molecule has 0 radical (unpaired) electrons. The molecule has 0 bridgehead atoms. The first-order valence-electron chi connectivity index (χ1n) is 4.30. The Bertz CT molecular complexity index is 259. The van der Waals surface area contributed by atoms with Crippen LogP contribution in [0.25, 0.3) is 0 Å². The first-order valence-corrected chi connectivity index (χ1v) is 5.25. The van der Waals surface area contributed by atoms with Gasteiger partial charge in [-0.1, -0.05) is 0 Å². The molecule has 0 saturated carbocycles. The molecule has 2 nitrogen and oxygen atoms in total. The summed E-state index contributed by atoms with van der Waals surface area (Å²) in [7, 11) is 0. The van der Waals surface area contributed by atoms with Crippen molar-refractivity contribution in [3.05, 3.63) is 16.3 Å². The van der Waals surface area contributed by atoms with Crippen LogP contribution in [0.1, 0.15) is 24.3 Å². The maximum absolute atomic E-state index is 5.70. The lowest BCUT2D eigenvalue weighted by Gasteiger charge is -2.09. The average Bonchev–Trinajstić information content (AvgIpc) is 2.46. The topological polar surface area (TPSA) is 35.2 Å². The predicted molar refractivity (Wildman–Crippen MR) is 50.8 cm³/mol. The third-order valence-electron chi connectivity index (χ3n) is 2.33. The Morgan fingerprint density at radius 1 is 1.58 bits per heavy atom. The Morgan fingerprint density at radius 2 is 2.50 bits per heavy atom. The van der Waals surface area contributed by atoms with E-state index in [0.29, 0.717) is 5.92 Å². The Labute approximate surface area is 76.3 Å². The summed E-state index contributed by atoms with van der Waals surface area (Å²) in [6.45, 7) is 1.59. The number of thiophene rings is 1. The van der Waals surface area contributed by atoms with Crippen molar-refractivity contribution in [2.45, 2.75) is 18.8 Å². The summed E-state index contributed by atoms with van der Waals surface area (Å²) in [4.78, 5) is 0. The van der Waals surface area contributed by atoms with Gasteiger partial charge in [0.2, 0.25) is 0 Å². The van der Waals surface area contributed by atoms with Gasteiger partial charge in [0.25, 0.3) is 0 Å². The Hall–Kier alpha value is -0.540. The molecule has 3 heteroatoms. The van der Waals surface area contributed by atoms with E-state index in [1.54, 1.807) is 11.3 Å². The first kappa shape index (κ1) is 8.08. The molecule has 2 rings (SSSR count). The van der Waals surface area contributed by atoms with Gasteiger partial charge in [0.1, 0.15) is 5.75 Å². The van der Waals surface area contributed by atoms with Gasteiger partial charge in [0.15, 0.2) is 0 Å². The normalized spacial score (nSPS) is 22.6. The molecular weight excluding hydrogens is 170 g/mol. The van der Waals surface area contributed by atoms with Crippen molar-refractivity contribution in [1.82, 2.24) is 0 Å². The van der Waals surface area contributed by atoms with Gasteiger partial charge < -0.3 is 10.5 Å². The van der Waals surface area contributed by atoms with Crippen LogP contribution in [-0.2, 0) is 0 Å². The lowest BCUT2D eigenvalue weighted by molar-refractivity contribution is 0.317. The molecule has 1 unspecified atom stereocenters. The summed E-state index contributed by atoms with van der Waals surface area (Å²) >= 11 is 1.70. The molecule has 0 aliphatic carbocycles. The Morgan fingerprint density at radius 3 is 3.33 bits per heavy atom. The van der Waals surface area contributed by atoms with Gasteiger partial charge in [-0.15, -0.1) is 11.3 Å². The number of rotatable bonds is 1. The summed E-state index contributed by atoms with van der Waals surface area (Å²) < 4.78 is 5.58. The maximum Gasteiger partial charge on any atom is 0.133 e. The highest BCUT2D eigenvalue weighted by atomic mass is 32.1. The van der Waals surface area contributed by atoms with Crippen LogP contribution in [0.3, 0.4) is 0 Å². The summed E-state index contributed by atoms with van der Waals surface area (Å²) in [5.41, 5.74) is 7.02. The van der Waals surface area contributed by atoms with Crippen LogP contribution in [-0.4, -0.2) is 13.2 Å². The summed E-state index contributed by atoms with van der Waals surface area (Å²) in [6, 6.07) is 0. The standard InChI is InChI=1S/C9H13NOS/c10-4-7-2-1-3-11-9-6-12-5-8(7)9/h5-7H,1-4,10H2. The molecule has 0 aromatic carbocycles. The van der Waals surface area contributed by atoms with E-state index in [0.717, 1.165) is 25.3 Å². The molecule has 0 amide bonds. The van der Waals surface area contributed by atoms with Gasteiger partial charge in [0, 0.05) is 16.9 Å². The third-order valence-corrected chi connectivity index (χ3v) is 3.07. The monoisotopic (exact) mass is 183 g/mol. The van der Waals surface area contributed by atoms with Gasteiger partial charge in [0.05, 0.1) is 6.61 Å². The number of hydrogen-bond acceptors (Lipinski definition) is 3. The molecule has 1 aromatic rings. The zero-order valence-electron chi connectivity index (χ0n) is 6.95. The smallest absolute Gasteiger partial charge is 0.133 e. The zero-order chi connectivity index (χ0) is 8.39. The van der Waals surface area contributed by atoms with E-state index < -0.39 is 0 Å². The quantitative estimate of drug-likeness (QED) is 0.722. The molecule has 66 valence electrons. The summed E-state index contributed by atoms with van der Waals surface area (Å²) in [6.07, 6.45) is 2.29. The highest BCUT2D eigenvalue weighted by Gasteiger charge is 2.18. The van der Waals surface area contributed by atoms with Crippen molar-refractivity contribution in [1.29, 1.82) is 0 Å². The van der Waals surface area contributed by atoms with Crippen LogP contribution in [0.15, 0.2) is 10.8 Å². The van der Waals surface area contributed by atoms with Gasteiger partial charge in [-0.2, -0.15) is 0 Å². The largest absolute Gasteiger partial charge is 0.492 e. The van der Waals surface area contributed by atoms with Gasteiger partial charge in [-0.3, -0.25) is 0 Å². The number of hydrogen-bond donors (Lipinski definition) is 1. The van der Waals surface area contributed by atoms with Crippen molar-refractivity contribution in [2.24, 2.45) is 5.73 Å². The van der Waals surface area contributed by atoms with Crippen molar-refractivity contribution < 1.29 is 4.74 Å². The summed E-state index contributed by atoms with van der Waals surface area (Å²) in [5.74, 6) is 1.58. The lowest BCUT2D eigenvalue weighted by atomic mass is 9.97. The number of nitrogens with two attached hydrogens (primary N) is 1. The average molecular weight is 183 g/mol. The van der Waals surface area contributed by atoms with Gasteiger partial charge >= 0.3 is 0 Å². The van der Waals surface area contributed by atoms with Crippen LogP contribution in [0.5, 0.6) is 5.75 Å². The van der Waals surface area contributed by atoms with Crippen LogP contribution in [0, 0.1) is 0 Å². The Kier molecular flexibility index (Phi) is 2.33. The molecule has 2 heterocycles. The number of fused-ring (bicyclic) bond motifs is 1. The minimum Gasteiger partial charge on any atom is -0.492 e. The van der Waals surface area contributed by atoms with E-state index in [1.165, 1.54) is 12.0 Å². The van der Waals surface area contributed by atoms with Gasteiger partial charge in [-0.05, 0) is 24.8 Å². The van der Waals surface area contributed by atoms with Crippen LogP contribution < -0.4 is 10.5 Å². The second-order valence-corrected chi connectivity index (χ2v) is 3.86. The van der Waals surface area contributed by atoms with Crippen molar-refractivity contribution >= 4 is 11.3 Å². The maximum atomic E-state index is 5.70. The van der Waals surface area contributed by atoms with Crippen molar-refractivity contribution in [3.63, 3.8) is 0 Å². The molecule has 1 aliphatic rings. The van der Waals surface area contributed by atoms with E-state index in [9.17, 15) is 0 Å². The van der Waals surface area contributed by atoms with Crippen LogP contribution in [0.4, 0.5) is 0 Å². The lowest BCUT2D eigenvalue weighted by Crippen LogP contribution is -2.10. The van der Waals surface area contributed by atoms with Crippen molar-refractivity contribution in [2.75, 3.05) is 13.2 Å². The zero-order valence-corrected chi connectivity index (χ0v) is 7.77. The third kappa shape index (κ3) is 1.34. The fourth-order valence-electron chi connectivity index (χ4n) is 1.62. The van der Waals surface area contributed by atoms with E-state index >= 15 is 0 Å². The predicted octanol–water partition coefficient (Wildman–Crippen LogP) is 1.96. The van der Waals surface area contributed by atoms with Crippen LogP contribution >= 0.6 is 11.3 Å². The van der Waals surface area contributed by atoms with E-state index in [1.807, 2.05) is 0 Å². The highest BCUT2D eigenvalue weighted by Crippen LogP contribution is 2.35. The Balaban J connectivity index is 2.29. The second-order valence-electron chi connectivity index (χ2n) is 3.11. The molecular formula is C9H13NOS. The van der Waals surface area contributed by atoms with Gasteiger partial charge in [-0.25, -0.2) is 0 Å². The van der Waals surface area contributed by atoms with Crippen molar-refractivity contribution in [3.8, 4) is 5.75 Å². The molecule has 1 atom stereocenters. The SMILES string of the molecule is NCC1CCCOc2cscc21. The molecule has 0 fully saturated rings. The molecule has 2 N–H and O–H groups in total. The highest BCUT2D eigenvalue weighted by molar-refractivity contribution is 7.08. The molecule has 0 spiro atoms. The number of ether oxygens (including phenoxy) is 1. The van der Waals surface area contributed by atoms with E-state index in [-0.39, 0.29) is 0 Å². The minimum atomic E-state index is 0.522.